The van der Waals surface area contributed by atoms with Crippen LogP contribution in [-0.2, 0) is 9.53 Å². The molecule has 0 aromatic carbocycles. The molecule has 96 valence electrons. The fourth-order valence-corrected chi connectivity index (χ4v) is 1.87. The molecule has 1 heterocycles. The Bertz CT molecular complexity index is 291. The van der Waals surface area contributed by atoms with Gasteiger partial charge in [-0.15, -0.1) is 0 Å². The molecule has 1 fully saturated rings. The normalized spacial score (nSPS) is 19.6. The largest absolute Gasteiger partial charge is 0.383 e. The summed E-state index contributed by atoms with van der Waals surface area (Å²) in [6, 6.07) is 2.35. The number of hydrogen-bond donors (Lipinski definition) is 1. The SMILES string of the molecule is COCCNC(=O)CN1CCC(C)(C#N)CC1. The van der Waals surface area contributed by atoms with Gasteiger partial charge in [-0.2, -0.15) is 5.26 Å². The van der Waals surface area contributed by atoms with Crippen molar-refractivity contribution in [3.63, 3.8) is 0 Å². The van der Waals surface area contributed by atoms with E-state index in [1.165, 1.54) is 0 Å². The van der Waals surface area contributed by atoms with Gasteiger partial charge in [0, 0.05) is 26.7 Å². The van der Waals surface area contributed by atoms with E-state index >= 15 is 0 Å². The number of carbonyl (C=O) groups is 1. The Balaban J connectivity index is 2.22. The number of hydrogen-bond acceptors (Lipinski definition) is 4. The molecule has 0 aromatic heterocycles. The van der Waals surface area contributed by atoms with Crippen molar-refractivity contribution < 1.29 is 9.53 Å². The molecule has 5 nitrogen and oxygen atoms in total. The second-order valence-corrected chi connectivity index (χ2v) is 4.79. The van der Waals surface area contributed by atoms with Crippen molar-refractivity contribution in [1.82, 2.24) is 10.2 Å². The molecule has 17 heavy (non-hydrogen) atoms. The summed E-state index contributed by atoms with van der Waals surface area (Å²) in [5, 5.41) is 11.8. The molecule has 0 aromatic rings. The first-order valence-corrected chi connectivity index (χ1v) is 5.99. The van der Waals surface area contributed by atoms with Gasteiger partial charge in [-0.05, 0) is 19.8 Å². The smallest absolute Gasteiger partial charge is 0.234 e. The summed E-state index contributed by atoms with van der Waals surface area (Å²) < 4.78 is 4.86. The summed E-state index contributed by atoms with van der Waals surface area (Å²) in [6.45, 7) is 5.15. The lowest BCUT2D eigenvalue weighted by molar-refractivity contribution is -0.122. The second-order valence-electron chi connectivity index (χ2n) is 4.79. The quantitative estimate of drug-likeness (QED) is 0.704. The number of amides is 1. The number of piperidine rings is 1. The number of nitriles is 1. The molecule has 1 rings (SSSR count). The van der Waals surface area contributed by atoms with Crippen LogP contribution in [0.3, 0.4) is 0 Å². The Kier molecular flexibility index (Phi) is 5.39. The zero-order valence-corrected chi connectivity index (χ0v) is 10.7. The highest BCUT2D eigenvalue weighted by Crippen LogP contribution is 2.29. The Labute approximate surface area is 103 Å². The number of rotatable bonds is 5. The minimum Gasteiger partial charge on any atom is -0.383 e. The molecule has 1 amide bonds. The van der Waals surface area contributed by atoms with Gasteiger partial charge in [0.05, 0.1) is 24.6 Å². The van der Waals surface area contributed by atoms with E-state index in [0.717, 1.165) is 25.9 Å². The van der Waals surface area contributed by atoms with Gasteiger partial charge in [0.15, 0.2) is 0 Å². The first kappa shape index (κ1) is 13.9. The highest BCUT2D eigenvalue weighted by atomic mass is 16.5. The average Bonchev–Trinajstić information content (AvgIpc) is 2.33. The first-order valence-electron chi connectivity index (χ1n) is 5.99. The van der Waals surface area contributed by atoms with Gasteiger partial charge in [-0.25, -0.2) is 0 Å². The van der Waals surface area contributed by atoms with Crippen LogP contribution in [0.1, 0.15) is 19.8 Å². The number of nitrogens with one attached hydrogen (secondary N) is 1. The van der Waals surface area contributed by atoms with E-state index in [0.29, 0.717) is 19.7 Å². The van der Waals surface area contributed by atoms with Gasteiger partial charge in [-0.3, -0.25) is 9.69 Å². The van der Waals surface area contributed by atoms with Gasteiger partial charge in [-0.1, -0.05) is 0 Å². The summed E-state index contributed by atoms with van der Waals surface area (Å²) in [7, 11) is 1.61. The first-order chi connectivity index (χ1) is 8.09. The Morgan fingerprint density at radius 3 is 2.71 bits per heavy atom. The van der Waals surface area contributed by atoms with Gasteiger partial charge in [0.2, 0.25) is 5.91 Å². The maximum absolute atomic E-state index is 11.5. The van der Waals surface area contributed by atoms with E-state index in [9.17, 15) is 4.79 Å². The third kappa shape index (κ3) is 4.72. The Morgan fingerprint density at radius 1 is 1.53 bits per heavy atom. The number of carbonyl (C=O) groups excluding carboxylic acids is 1. The van der Waals surface area contributed by atoms with Crippen LogP contribution in [-0.4, -0.2) is 50.7 Å². The molecule has 0 radical (unpaired) electrons. The van der Waals surface area contributed by atoms with Crippen molar-refractivity contribution >= 4 is 5.91 Å². The van der Waals surface area contributed by atoms with Crippen molar-refractivity contribution in [1.29, 1.82) is 5.26 Å². The minimum atomic E-state index is -0.205. The second kappa shape index (κ2) is 6.58. The fraction of sp³-hybridized carbons (Fsp3) is 0.833. The van der Waals surface area contributed by atoms with Crippen LogP contribution in [0.4, 0.5) is 0 Å². The summed E-state index contributed by atoms with van der Waals surface area (Å²) in [5.74, 6) is 0.0302. The number of likely N-dealkylation sites (tertiary alicyclic amines) is 1. The van der Waals surface area contributed by atoms with Crippen LogP contribution in [0.2, 0.25) is 0 Å². The monoisotopic (exact) mass is 239 g/mol. The van der Waals surface area contributed by atoms with Gasteiger partial charge in [0.25, 0.3) is 0 Å². The third-order valence-electron chi connectivity index (χ3n) is 3.23. The number of nitrogens with zero attached hydrogens (tertiary/aromatic N) is 2. The van der Waals surface area contributed by atoms with E-state index in [2.05, 4.69) is 16.3 Å². The maximum Gasteiger partial charge on any atom is 0.234 e. The molecular weight excluding hydrogens is 218 g/mol. The van der Waals surface area contributed by atoms with Gasteiger partial charge < -0.3 is 10.1 Å². The van der Waals surface area contributed by atoms with Crippen molar-refractivity contribution in [2.24, 2.45) is 5.41 Å². The van der Waals surface area contributed by atoms with Crippen molar-refractivity contribution in [2.75, 3.05) is 39.9 Å². The topological polar surface area (TPSA) is 65.4 Å². The van der Waals surface area contributed by atoms with Crippen LogP contribution in [0, 0.1) is 16.7 Å². The fourth-order valence-electron chi connectivity index (χ4n) is 1.87. The maximum atomic E-state index is 11.5. The molecule has 1 N–H and O–H groups in total. The van der Waals surface area contributed by atoms with Crippen LogP contribution < -0.4 is 5.32 Å². The lowest BCUT2D eigenvalue weighted by Crippen LogP contribution is -2.44. The van der Waals surface area contributed by atoms with Crippen molar-refractivity contribution in [3.05, 3.63) is 0 Å². The summed E-state index contributed by atoms with van der Waals surface area (Å²) in [5.41, 5.74) is -0.205. The molecule has 0 spiro atoms. The molecular formula is C12H21N3O2. The van der Waals surface area contributed by atoms with Crippen molar-refractivity contribution in [2.45, 2.75) is 19.8 Å². The van der Waals surface area contributed by atoms with Crippen LogP contribution in [0.15, 0.2) is 0 Å². The third-order valence-corrected chi connectivity index (χ3v) is 3.23. The Morgan fingerprint density at radius 2 is 2.18 bits per heavy atom. The highest BCUT2D eigenvalue weighted by molar-refractivity contribution is 5.77. The van der Waals surface area contributed by atoms with Gasteiger partial charge >= 0.3 is 0 Å². The number of ether oxygens (including phenoxy) is 1. The zero-order valence-electron chi connectivity index (χ0n) is 10.7. The van der Waals surface area contributed by atoms with Crippen LogP contribution in [0.25, 0.3) is 0 Å². The predicted octanol–water partition coefficient (Wildman–Crippen LogP) is 0.375. The van der Waals surface area contributed by atoms with E-state index in [4.69, 9.17) is 10.00 Å². The van der Waals surface area contributed by atoms with E-state index < -0.39 is 0 Å². The average molecular weight is 239 g/mol. The van der Waals surface area contributed by atoms with E-state index in [1.807, 2.05) is 6.92 Å². The molecule has 1 aliphatic rings. The molecule has 0 aliphatic carbocycles. The zero-order chi connectivity index (χ0) is 12.7. The van der Waals surface area contributed by atoms with Crippen LogP contribution in [0.5, 0.6) is 0 Å². The number of methoxy groups -OCH3 is 1. The molecule has 0 saturated carbocycles. The summed E-state index contributed by atoms with van der Waals surface area (Å²) >= 11 is 0. The molecule has 0 atom stereocenters. The van der Waals surface area contributed by atoms with E-state index in [1.54, 1.807) is 7.11 Å². The molecule has 1 saturated heterocycles. The molecule has 0 bridgehead atoms. The molecule has 5 heteroatoms. The Hall–Kier alpha value is -1.12. The van der Waals surface area contributed by atoms with E-state index in [-0.39, 0.29) is 11.3 Å². The summed E-state index contributed by atoms with van der Waals surface area (Å²) in [6.07, 6.45) is 1.68. The van der Waals surface area contributed by atoms with Crippen LogP contribution >= 0.6 is 0 Å². The summed E-state index contributed by atoms with van der Waals surface area (Å²) in [4.78, 5) is 13.6. The predicted molar refractivity (Wildman–Crippen MR) is 64.3 cm³/mol. The molecule has 0 unspecified atom stereocenters. The molecule has 1 aliphatic heterocycles. The van der Waals surface area contributed by atoms with Gasteiger partial charge in [0.1, 0.15) is 0 Å². The lowest BCUT2D eigenvalue weighted by atomic mass is 9.82. The lowest BCUT2D eigenvalue weighted by Gasteiger charge is -2.34. The standard InChI is InChI=1S/C12H21N3O2/c1-12(10-13)3-6-15(7-4-12)9-11(16)14-5-8-17-2/h3-9H2,1-2H3,(H,14,16). The highest BCUT2D eigenvalue weighted by Gasteiger charge is 2.30. The van der Waals surface area contributed by atoms with Crippen molar-refractivity contribution in [3.8, 4) is 6.07 Å². The minimum absolute atomic E-state index is 0.0302.